The highest BCUT2D eigenvalue weighted by molar-refractivity contribution is 6.34. The van der Waals surface area contributed by atoms with Crippen molar-refractivity contribution >= 4 is 40.8 Å². The fourth-order valence-electron chi connectivity index (χ4n) is 1.72. The molecule has 0 fully saturated rings. The van der Waals surface area contributed by atoms with Crippen molar-refractivity contribution in [2.45, 2.75) is 0 Å². The molecule has 0 bridgehead atoms. The number of urea groups is 1. The van der Waals surface area contributed by atoms with Crippen LogP contribution in [0.3, 0.4) is 0 Å². The molecule has 22 heavy (non-hydrogen) atoms. The second-order valence-corrected chi connectivity index (χ2v) is 5.05. The van der Waals surface area contributed by atoms with E-state index in [2.05, 4.69) is 10.6 Å². The first-order chi connectivity index (χ1) is 10.5. The number of rotatable bonds is 3. The number of anilines is 1. The number of halogens is 2. The largest absolute Gasteiger partial charge is 0.495 e. The van der Waals surface area contributed by atoms with Crippen molar-refractivity contribution in [3.8, 4) is 5.75 Å². The minimum Gasteiger partial charge on any atom is -0.495 e. The van der Waals surface area contributed by atoms with E-state index in [9.17, 15) is 9.59 Å². The number of carbonyl (C=O) groups is 2. The summed E-state index contributed by atoms with van der Waals surface area (Å²) >= 11 is 11.8. The van der Waals surface area contributed by atoms with Gasteiger partial charge >= 0.3 is 6.03 Å². The molecule has 3 amide bonds. The molecular formula is C15H12Cl2N2O3. The smallest absolute Gasteiger partial charge is 0.326 e. The van der Waals surface area contributed by atoms with Crippen molar-refractivity contribution in [2.24, 2.45) is 0 Å². The van der Waals surface area contributed by atoms with E-state index in [1.807, 2.05) is 0 Å². The summed E-state index contributed by atoms with van der Waals surface area (Å²) in [5, 5.41) is 5.38. The van der Waals surface area contributed by atoms with Crippen LogP contribution in [0.15, 0.2) is 42.5 Å². The maximum Gasteiger partial charge on any atom is 0.326 e. The number of hydrogen-bond acceptors (Lipinski definition) is 3. The summed E-state index contributed by atoms with van der Waals surface area (Å²) in [5.74, 6) is -0.180. The van der Waals surface area contributed by atoms with E-state index in [1.165, 1.54) is 13.2 Å². The molecule has 7 heteroatoms. The SMILES string of the molecule is COc1cc(NC(=O)NC(=O)c2ccccc2Cl)ccc1Cl. The van der Waals surface area contributed by atoms with Gasteiger partial charge in [-0.15, -0.1) is 0 Å². The molecule has 0 aliphatic rings. The third kappa shape index (κ3) is 3.90. The van der Waals surface area contributed by atoms with Crippen molar-refractivity contribution < 1.29 is 14.3 Å². The molecule has 0 aromatic heterocycles. The maximum absolute atomic E-state index is 11.9. The standard InChI is InChI=1S/C15H12Cl2N2O3/c1-22-13-8-9(6-7-12(13)17)18-15(21)19-14(20)10-4-2-3-5-11(10)16/h2-8H,1H3,(H2,18,19,20,21). The highest BCUT2D eigenvalue weighted by atomic mass is 35.5. The Morgan fingerprint density at radius 2 is 1.77 bits per heavy atom. The zero-order valence-electron chi connectivity index (χ0n) is 11.5. The van der Waals surface area contributed by atoms with E-state index in [4.69, 9.17) is 27.9 Å². The van der Waals surface area contributed by atoms with Crippen molar-refractivity contribution in [1.29, 1.82) is 0 Å². The van der Waals surface area contributed by atoms with Crippen LogP contribution in [0, 0.1) is 0 Å². The first-order valence-electron chi connectivity index (χ1n) is 6.21. The normalized spacial score (nSPS) is 9.95. The molecule has 0 atom stereocenters. The van der Waals surface area contributed by atoms with Crippen LogP contribution in [-0.2, 0) is 0 Å². The molecule has 5 nitrogen and oxygen atoms in total. The van der Waals surface area contributed by atoms with Gasteiger partial charge in [0.05, 0.1) is 22.7 Å². The van der Waals surface area contributed by atoms with Gasteiger partial charge in [-0.2, -0.15) is 0 Å². The summed E-state index contributed by atoms with van der Waals surface area (Å²) < 4.78 is 5.05. The van der Waals surface area contributed by atoms with Gasteiger partial charge in [0.15, 0.2) is 0 Å². The maximum atomic E-state index is 11.9. The number of ether oxygens (including phenoxy) is 1. The summed E-state index contributed by atoms with van der Waals surface area (Å²) in [6, 6.07) is 10.5. The lowest BCUT2D eigenvalue weighted by atomic mass is 10.2. The summed E-state index contributed by atoms with van der Waals surface area (Å²) in [6.45, 7) is 0. The fraction of sp³-hybridized carbons (Fsp3) is 0.0667. The van der Waals surface area contributed by atoms with Crippen molar-refractivity contribution in [1.82, 2.24) is 5.32 Å². The Bertz CT molecular complexity index is 720. The number of hydrogen-bond donors (Lipinski definition) is 2. The first-order valence-corrected chi connectivity index (χ1v) is 6.97. The molecule has 0 unspecified atom stereocenters. The molecule has 0 radical (unpaired) electrons. The third-order valence-corrected chi connectivity index (χ3v) is 3.40. The fourth-order valence-corrected chi connectivity index (χ4v) is 2.13. The highest BCUT2D eigenvalue weighted by Crippen LogP contribution is 2.27. The van der Waals surface area contributed by atoms with Crippen LogP contribution in [0.5, 0.6) is 5.75 Å². The minimum absolute atomic E-state index is 0.216. The molecule has 0 saturated heterocycles. The predicted molar refractivity (Wildman–Crippen MR) is 85.9 cm³/mol. The van der Waals surface area contributed by atoms with Gasteiger partial charge in [-0.3, -0.25) is 10.1 Å². The van der Waals surface area contributed by atoms with Crippen LogP contribution >= 0.6 is 23.2 Å². The lowest BCUT2D eigenvalue weighted by molar-refractivity contribution is 0.0967. The molecule has 0 spiro atoms. The molecule has 0 heterocycles. The van der Waals surface area contributed by atoms with E-state index >= 15 is 0 Å². The topological polar surface area (TPSA) is 67.4 Å². The first kappa shape index (κ1) is 16.1. The second-order valence-electron chi connectivity index (χ2n) is 4.24. The monoisotopic (exact) mass is 338 g/mol. The molecule has 2 aromatic rings. The average molecular weight is 339 g/mol. The predicted octanol–water partition coefficient (Wildman–Crippen LogP) is 3.96. The van der Waals surface area contributed by atoms with E-state index < -0.39 is 11.9 Å². The van der Waals surface area contributed by atoms with Gasteiger partial charge in [0, 0.05) is 11.8 Å². The highest BCUT2D eigenvalue weighted by Gasteiger charge is 2.13. The van der Waals surface area contributed by atoms with Crippen LogP contribution < -0.4 is 15.4 Å². The van der Waals surface area contributed by atoms with Gasteiger partial charge in [0.2, 0.25) is 0 Å². The van der Waals surface area contributed by atoms with Crippen LogP contribution in [0.2, 0.25) is 10.0 Å². The lowest BCUT2D eigenvalue weighted by Crippen LogP contribution is -2.34. The van der Waals surface area contributed by atoms with Crippen molar-refractivity contribution in [3.63, 3.8) is 0 Å². The molecule has 0 saturated carbocycles. The Morgan fingerprint density at radius 3 is 2.45 bits per heavy atom. The van der Waals surface area contributed by atoms with Gasteiger partial charge in [-0.1, -0.05) is 35.3 Å². The molecule has 2 rings (SSSR count). The van der Waals surface area contributed by atoms with Gasteiger partial charge in [0.25, 0.3) is 5.91 Å². The lowest BCUT2D eigenvalue weighted by Gasteiger charge is -2.09. The number of nitrogens with one attached hydrogen (secondary N) is 2. The molecule has 0 aliphatic heterocycles. The van der Waals surface area contributed by atoms with E-state index in [0.29, 0.717) is 16.5 Å². The number of carbonyl (C=O) groups excluding carboxylic acids is 2. The Balaban J connectivity index is 2.04. The summed E-state index contributed by atoms with van der Waals surface area (Å²) in [6.07, 6.45) is 0. The zero-order valence-corrected chi connectivity index (χ0v) is 13.0. The van der Waals surface area contributed by atoms with Crippen LogP contribution in [-0.4, -0.2) is 19.0 Å². The molecular weight excluding hydrogens is 327 g/mol. The molecule has 0 aliphatic carbocycles. The number of benzene rings is 2. The Kier molecular flexibility index (Phi) is 5.25. The van der Waals surface area contributed by atoms with Gasteiger partial charge in [0.1, 0.15) is 5.75 Å². The molecule has 2 N–H and O–H groups in total. The summed E-state index contributed by atoms with van der Waals surface area (Å²) in [4.78, 5) is 23.8. The minimum atomic E-state index is -0.686. The second kappa shape index (κ2) is 7.15. The Morgan fingerprint density at radius 1 is 1.05 bits per heavy atom. The number of amides is 3. The quantitative estimate of drug-likeness (QED) is 0.889. The van der Waals surface area contributed by atoms with E-state index in [1.54, 1.807) is 36.4 Å². The van der Waals surface area contributed by atoms with Crippen LogP contribution in [0.4, 0.5) is 10.5 Å². The van der Waals surface area contributed by atoms with Gasteiger partial charge < -0.3 is 10.1 Å². The number of methoxy groups -OCH3 is 1. The molecule has 114 valence electrons. The van der Waals surface area contributed by atoms with E-state index in [-0.39, 0.29) is 10.6 Å². The third-order valence-electron chi connectivity index (χ3n) is 2.75. The summed E-state index contributed by atoms with van der Waals surface area (Å²) in [7, 11) is 1.46. The van der Waals surface area contributed by atoms with Gasteiger partial charge in [-0.05, 0) is 24.3 Å². The summed E-state index contributed by atoms with van der Waals surface area (Å²) in [5.41, 5.74) is 0.652. The van der Waals surface area contributed by atoms with Crippen molar-refractivity contribution in [3.05, 3.63) is 58.1 Å². The molecule has 2 aromatic carbocycles. The number of imide groups is 1. The van der Waals surface area contributed by atoms with Crippen LogP contribution in [0.25, 0.3) is 0 Å². The average Bonchev–Trinajstić information content (AvgIpc) is 2.49. The van der Waals surface area contributed by atoms with E-state index in [0.717, 1.165) is 0 Å². The Labute approximate surface area is 137 Å². The van der Waals surface area contributed by atoms with Crippen LogP contribution in [0.1, 0.15) is 10.4 Å². The zero-order chi connectivity index (χ0) is 16.1. The van der Waals surface area contributed by atoms with Gasteiger partial charge in [-0.25, -0.2) is 4.79 Å². The van der Waals surface area contributed by atoms with Crippen molar-refractivity contribution in [2.75, 3.05) is 12.4 Å². The Hall–Kier alpha value is -2.24.